The maximum atomic E-state index is 12.6. The first-order valence-electron chi connectivity index (χ1n) is 7.52. The van der Waals surface area contributed by atoms with Crippen LogP contribution in [0.15, 0.2) is 36.7 Å². The van der Waals surface area contributed by atoms with Gasteiger partial charge < -0.3 is 4.90 Å². The number of pyridine rings is 1. The second-order valence-corrected chi connectivity index (χ2v) is 6.78. The minimum atomic E-state index is -0.127. The second kappa shape index (κ2) is 5.72. The van der Waals surface area contributed by atoms with E-state index in [0.717, 1.165) is 40.9 Å². The molecule has 3 aromatic rings. The van der Waals surface area contributed by atoms with Crippen LogP contribution in [-0.4, -0.2) is 34.4 Å². The summed E-state index contributed by atoms with van der Waals surface area (Å²) in [5, 5.41) is 3.55. The lowest BCUT2D eigenvalue weighted by Gasteiger charge is -2.25. The highest BCUT2D eigenvalue weighted by Crippen LogP contribution is 2.27. The number of nitrogens with one attached hydrogen (secondary N) is 1. The molecule has 6 heteroatoms. The molecule has 1 amide bonds. The van der Waals surface area contributed by atoms with Crippen LogP contribution >= 0.6 is 11.3 Å². The van der Waals surface area contributed by atoms with Crippen molar-refractivity contribution in [2.24, 2.45) is 0 Å². The normalized spacial score (nSPS) is 14.7. The van der Waals surface area contributed by atoms with Crippen LogP contribution in [0.2, 0.25) is 0 Å². The number of amides is 1. The molecule has 2 aromatic heterocycles. The van der Waals surface area contributed by atoms with Crippen molar-refractivity contribution in [2.45, 2.75) is 13.0 Å². The fourth-order valence-corrected chi connectivity index (χ4v) is 3.78. The van der Waals surface area contributed by atoms with Crippen molar-refractivity contribution in [1.29, 1.82) is 0 Å². The van der Waals surface area contributed by atoms with Gasteiger partial charge in [-0.25, -0.2) is 4.98 Å². The number of likely N-dealkylation sites (N-methyl/N-ethyl adjacent to an activating group) is 1. The summed E-state index contributed by atoms with van der Waals surface area (Å²) in [6.45, 7) is 1.79. The predicted molar refractivity (Wildman–Crippen MR) is 91.8 cm³/mol. The van der Waals surface area contributed by atoms with Crippen molar-refractivity contribution in [3.8, 4) is 0 Å². The number of rotatable bonds is 2. The third-order valence-corrected chi connectivity index (χ3v) is 5.04. The van der Waals surface area contributed by atoms with Gasteiger partial charge in [-0.3, -0.25) is 15.1 Å². The fraction of sp³-hybridized carbons (Fsp3) is 0.235. The molecule has 0 saturated carbocycles. The SMILES string of the molecule is CN1CCc2c(cncc2C(=O)Nc2nc3ccccc3s2)C1. The molecule has 0 spiro atoms. The van der Waals surface area contributed by atoms with Crippen LogP contribution in [0.25, 0.3) is 10.2 Å². The van der Waals surface area contributed by atoms with Crippen LogP contribution in [0.1, 0.15) is 21.5 Å². The first-order valence-corrected chi connectivity index (χ1v) is 8.33. The Hall–Kier alpha value is -2.31. The summed E-state index contributed by atoms with van der Waals surface area (Å²) in [5.74, 6) is -0.127. The van der Waals surface area contributed by atoms with Gasteiger partial charge >= 0.3 is 0 Å². The van der Waals surface area contributed by atoms with E-state index in [1.54, 1.807) is 6.20 Å². The fourth-order valence-electron chi connectivity index (χ4n) is 2.92. The van der Waals surface area contributed by atoms with Crippen LogP contribution in [0.3, 0.4) is 0 Å². The molecule has 0 aliphatic carbocycles. The smallest absolute Gasteiger partial charge is 0.259 e. The predicted octanol–water partition coefficient (Wildman–Crippen LogP) is 2.93. The highest BCUT2D eigenvalue weighted by atomic mass is 32.1. The number of anilines is 1. The molecule has 0 radical (unpaired) electrons. The molecule has 1 N–H and O–H groups in total. The monoisotopic (exact) mass is 324 g/mol. The maximum absolute atomic E-state index is 12.6. The minimum absolute atomic E-state index is 0.127. The van der Waals surface area contributed by atoms with Crippen molar-refractivity contribution in [1.82, 2.24) is 14.9 Å². The molecule has 3 heterocycles. The highest BCUT2D eigenvalue weighted by Gasteiger charge is 2.21. The van der Waals surface area contributed by atoms with Gasteiger partial charge in [-0.15, -0.1) is 0 Å². The molecular formula is C17H16N4OS. The van der Waals surface area contributed by atoms with Gasteiger partial charge in [0.15, 0.2) is 5.13 Å². The third-order valence-electron chi connectivity index (χ3n) is 4.09. The molecule has 1 aliphatic heterocycles. The van der Waals surface area contributed by atoms with Crippen molar-refractivity contribution in [3.05, 3.63) is 53.3 Å². The number of carbonyl (C=O) groups is 1. The molecule has 5 nitrogen and oxygen atoms in total. The lowest BCUT2D eigenvalue weighted by atomic mass is 9.97. The number of hydrogen-bond donors (Lipinski definition) is 1. The molecule has 4 rings (SSSR count). The number of hydrogen-bond acceptors (Lipinski definition) is 5. The highest BCUT2D eigenvalue weighted by molar-refractivity contribution is 7.22. The standard InChI is InChI=1S/C17H16N4OS/c1-21-7-6-12-11(10-21)8-18-9-13(12)16(22)20-17-19-14-4-2-3-5-15(14)23-17/h2-5,8-9H,6-7,10H2,1H3,(H,19,20,22). The van der Waals surface area contributed by atoms with Gasteiger partial charge in [0.05, 0.1) is 15.8 Å². The Kier molecular flexibility index (Phi) is 3.55. The van der Waals surface area contributed by atoms with Crippen LogP contribution in [-0.2, 0) is 13.0 Å². The zero-order valence-corrected chi connectivity index (χ0v) is 13.6. The number of aromatic nitrogens is 2. The van der Waals surface area contributed by atoms with E-state index in [9.17, 15) is 4.79 Å². The summed E-state index contributed by atoms with van der Waals surface area (Å²) >= 11 is 1.49. The molecule has 0 saturated heterocycles. The van der Waals surface area contributed by atoms with Gasteiger partial charge in [-0.05, 0) is 36.7 Å². The Labute approximate surface area is 138 Å². The van der Waals surface area contributed by atoms with Gasteiger partial charge in [-0.1, -0.05) is 23.5 Å². The molecule has 0 fully saturated rings. The quantitative estimate of drug-likeness (QED) is 0.787. The van der Waals surface area contributed by atoms with E-state index >= 15 is 0 Å². The lowest BCUT2D eigenvalue weighted by Crippen LogP contribution is -2.29. The maximum Gasteiger partial charge on any atom is 0.259 e. The van der Waals surface area contributed by atoms with Crippen molar-refractivity contribution in [3.63, 3.8) is 0 Å². The van der Waals surface area contributed by atoms with Gasteiger partial charge in [0, 0.05) is 25.5 Å². The molecule has 0 atom stereocenters. The largest absolute Gasteiger partial charge is 0.302 e. The lowest BCUT2D eigenvalue weighted by molar-refractivity contribution is 0.102. The summed E-state index contributed by atoms with van der Waals surface area (Å²) in [7, 11) is 2.08. The average molecular weight is 324 g/mol. The summed E-state index contributed by atoms with van der Waals surface area (Å²) in [6, 6.07) is 7.87. The number of para-hydroxylation sites is 1. The van der Waals surface area contributed by atoms with E-state index in [1.807, 2.05) is 30.5 Å². The number of thiazole rings is 1. The van der Waals surface area contributed by atoms with E-state index in [4.69, 9.17) is 0 Å². The first-order chi connectivity index (χ1) is 11.2. The minimum Gasteiger partial charge on any atom is -0.302 e. The van der Waals surface area contributed by atoms with Crippen LogP contribution in [0.5, 0.6) is 0 Å². The second-order valence-electron chi connectivity index (χ2n) is 5.75. The Bertz CT molecular complexity index is 856. The van der Waals surface area contributed by atoms with Gasteiger partial charge in [0.2, 0.25) is 0 Å². The first kappa shape index (κ1) is 14.3. The van der Waals surface area contributed by atoms with Crippen molar-refractivity contribution >= 4 is 32.6 Å². The summed E-state index contributed by atoms with van der Waals surface area (Å²) in [5.41, 5.74) is 3.81. The number of nitrogens with zero attached hydrogens (tertiary/aromatic N) is 3. The molecule has 23 heavy (non-hydrogen) atoms. The van der Waals surface area contributed by atoms with Gasteiger partial charge in [0.1, 0.15) is 0 Å². The van der Waals surface area contributed by atoms with Gasteiger partial charge in [-0.2, -0.15) is 0 Å². The van der Waals surface area contributed by atoms with Crippen LogP contribution in [0, 0.1) is 0 Å². The van der Waals surface area contributed by atoms with Crippen molar-refractivity contribution < 1.29 is 4.79 Å². The number of benzene rings is 1. The Balaban J connectivity index is 1.63. The molecule has 0 bridgehead atoms. The molecule has 0 unspecified atom stereocenters. The Morgan fingerprint density at radius 1 is 1.30 bits per heavy atom. The average Bonchev–Trinajstić information content (AvgIpc) is 2.96. The molecule has 1 aliphatic rings. The topological polar surface area (TPSA) is 58.1 Å². The summed E-state index contributed by atoms with van der Waals surface area (Å²) in [4.78, 5) is 23.6. The van der Waals surface area contributed by atoms with Crippen LogP contribution < -0.4 is 5.32 Å². The van der Waals surface area contributed by atoms with Gasteiger partial charge in [0.25, 0.3) is 5.91 Å². The number of fused-ring (bicyclic) bond motifs is 2. The molecule has 116 valence electrons. The summed E-state index contributed by atoms with van der Waals surface area (Å²) in [6.07, 6.45) is 4.39. The number of carbonyl (C=O) groups excluding carboxylic acids is 1. The summed E-state index contributed by atoms with van der Waals surface area (Å²) < 4.78 is 1.07. The zero-order valence-electron chi connectivity index (χ0n) is 12.7. The Morgan fingerprint density at radius 3 is 3.04 bits per heavy atom. The zero-order chi connectivity index (χ0) is 15.8. The molecule has 1 aromatic carbocycles. The molecular weight excluding hydrogens is 308 g/mol. The van der Waals surface area contributed by atoms with E-state index in [2.05, 4.69) is 27.2 Å². The Morgan fingerprint density at radius 2 is 2.17 bits per heavy atom. The van der Waals surface area contributed by atoms with E-state index < -0.39 is 0 Å². The van der Waals surface area contributed by atoms with Crippen molar-refractivity contribution in [2.75, 3.05) is 18.9 Å². The van der Waals surface area contributed by atoms with E-state index in [0.29, 0.717) is 10.7 Å². The van der Waals surface area contributed by atoms with Crippen LogP contribution in [0.4, 0.5) is 5.13 Å². The van der Waals surface area contributed by atoms with E-state index in [-0.39, 0.29) is 5.91 Å². The van der Waals surface area contributed by atoms with E-state index in [1.165, 1.54) is 11.3 Å². The third kappa shape index (κ3) is 2.71.